The molecule has 0 aliphatic heterocycles. The summed E-state index contributed by atoms with van der Waals surface area (Å²) in [6.45, 7) is 36.2. The molecule has 0 aliphatic rings. The van der Waals surface area contributed by atoms with E-state index in [4.69, 9.17) is 23.3 Å². The van der Waals surface area contributed by atoms with Gasteiger partial charge in [-0.2, -0.15) is 0 Å². The number of hydrogen-bond donors (Lipinski definition) is 0. The molecule has 0 aromatic heterocycles. The summed E-state index contributed by atoms with van der Waals surface area (Å²) in [5.74, 6) is 0. The molecule has 0 heterocycles. The summed E-state index contributed by atoms with van der Waals surface area (Å²) < 4.78 is 50.2. The van der Waals surface area contributed by atoms with Crippen LogP contribution in [0.5, 0.6) is 0 Å². The first-order valence-electron chi connectivity index (χ1n) is 5.08. The molecule has 22 heavy (non-hydrogen) atoms. The third-order valence-corrected chi connectivity index (χ3v) is 16.6. The smallest absolute Gasteiger partial charge is 0 e. The minimum absolute atomic E-state index is 0. The molecule has 0 saturated heterocycles. The van der Waals surface area contributed by atoms with E-state index in [-0.39, 0.29) is 30.0 Å². The zero-order valence-corrected chi connectivity index (χ0v) is 19.3. The van der Waals surface area contributed by atoms with Gasteiger partial charge in [-0.25, -0.2) is 4.20 Å². The van der Waals surface area contributed by atoms with E-state index in [0.29, 0.717) is 4.91 Å². The van der Waals surface area contributed by atoms with E-state index < -0.39 is 16.1 Å². The predicted molar refractivity (Wildman–Crippen MR) is 79.6 cm³/mol. The van der Waals surface area contributed by atoms with Crippen molar-refractivity contribution in [2.75, 3.05) is 0 Å². The predicted octanol–water partition coefficient (Wildman–Crippen LogP) is 3.48. The first-order chi connectivity index (χ1) is 9.69. The van der Waals surface area contributed by atoms with Gasteiger partial charge in [0.2, 0.25) is 0 Å². The van der Waals surface area contributed by atoms with Crippen LogP contribution in [0.1, 0.15) is 0 Å². The van der Waals surface area contributed by atoms with Gasteiger partial charge in [-0.1, -0.05) is 39.3 Å². The molecule has 0 aliphatic carbocycles. The first kappa shape index (κ1) is 43.2. The van der Waals surface area contributed by atoms with Gasteiger partial charge in [0, 0.05) is 21.1 Å². The Bertz CT molecular complexity index is 257. The van der Waals surface area contributed by atoms with E-state index in [9.17, 15) is 4.20 Å². The minimum atomic E-state index is -1.22. The Morgan fingerprint density at radius 2 is 0.773 bits per heavy atom. The molecule has 1 atom stereocenters. The molecule has 0 spiro atoms. The van der Waals surface area contributed by atoms with Gasteiger partial charge < -0.3 is 0 Å². The van der Waals surface area contributed by atoms with Gasteiger partial charge in [0.25, 0.3) is 0 Å². The number of halogens is 1. The van der Waals surface area contributed by atoms with Gasteiger partial charge in [0.15, 0.2) is 0 Å². The Balaban J connectivity index is -0.0000000348. The molecule has 0 aromatic rings. The van der Waals surface area contributed by atoms with E-state index >= 15 is 0 Å². The molecule has 0 N–H and O–H groups in total. The molecule has 0 bridgehead atoms. The molecule has 0 fully saturated rings. The fourth-order valence-corrected chi connectivity index (χ4v) is 14.6. The molecular formula is C12H20FO5PSi2W. The van der Waals surface area contributed by atoms with Gasteiger partial charge in [-0.05, 0) is 4.91 Å². The summed E-state index contributed by atoms with van der Waals surface area (Å²) in [5, 5.41) is 0. The normalized spacial score (nSPS) is 8.09. The fourth-order valence-electron chi connectivity index (χ4n) is 1.63. The maximum atomic E-state index is 12.7. The van der Waals surface area contributed by atoms with E-state index in [0.717, 1.165) is 0 Å². The molecule has 5 nitrogen and oxygen atoms in total. The van der Waals surface area contributed by atoms with Gasteiger partial charge in [-0.15, -0.1) is 0 Å². The SMILES string of the molecule is C[Si](C)(C)C(PF)[Si](C)(C)C.[C-]#[O+].[C-]#[O+].[C-]#[O+].[C-]#[O+].[C-]#[O+].[W]. The third-order valence-electron chi connectivity index (χ3n) is 1.84. The fraction of sp³-hybridized carbons (Fsp3) is 0.583. The molecule has 10 heteroatoms. The average molecular weight is 534 g/mol. The van der Waals surface area contributed by atoms with E-state index in [2.05, 4.69) is 72.5 Å². The molecule has 0 aromatic carbocycles. The molecule has 0 rings (SSSR count). The maximum Gasteiger partial charge on any atom is 0 e. The van der Waals surface area contributed by atoms with Crippen molar-refractivity contribution < 1.29 is 48.5 Å². The van der Waals surface area contributed by atoms with Crippen LogP contribution in [-0.4, -0.2) is 21.1 Å². The van der Waals surface area contributed by atoms with Crippen molar-refractivity contribution >= 4 is 25.0 Å². The molecule has 0 radical (unpaired) electrons. The molecular weight excluding hydrogens is 514 g/mol. The summed E-state index contributed by atoms with van der Waals surface area (Å²) in [7, 11) is -2.77. The van der Waals surface area contributed by atoms with Crippen LogP contribution in [0.25, 0.3) is 0 Å². The van der Waals surface area contributed by atoms with Crippen molar-refractivity contribution in [3.05, 3.63) is 33.3 Å². The van der Waals surface area contributed by atoms with Gasteiger partial charge in [0.05, 0.1) is 25.0 Å². The van der Waals surface area contributed by atoms with Crippen molar-refractivity contribution in [2.24, 2.45) is 0 Å². The number of rotatable bonds is 3. The summed E-state index contributed by atoms with van der Waals surface area (Å²) >= 11 is 0. The summed E-state index contributed by atoms with van der Waals surface area (Å²) in [5.41, 5.74) is 0. The Morgan fingerprint density at radius 3 is 0.773 bits per heavy atom. The topological polar surface area (TPSA) is 99.5 Å². The monoisotopic (exact) mass is 534 g/mol. The quantitative estimate of drug-likeness (QED) is 0.229. The maximum absolute atomic E-state index is 12.7. The van der Waals surface area contributed by atoms with E-state index in [1.807, 2.05) is 0 Å². The van der Waals surface area contributed by atoms with Crippen molar-refractivity contribution in [1.82, 2.24) is 0 Å². The Hall–Kier alpha value is 0.182. The molecule has 1 unspecified atom stereocenters. The average Bonchev–Trinajstić information content (AvgIpc) is 2.47. The Labute approximate surface area is 151 Å². The Kier molecular flexibility index (Phi) is 64.7. The van der Waals surface area contributed by atoms with E-state index in [1.54, 1.807) is 0 Å². The van der Waals surface area contributed by atoms with Crippen molar-refractivity contribution in [2.45, 2.75) is 44.2 Å². The standard InChI is InChI=1S/C7H20FPSi2.5CO.W/c1-10(2,3)7(9-8)11(4,5)6;5*1-2;/h7,9H,1-6H3;;;;;;. The number of hydrogen-bond acceptors (Lipinski definition) is 0. The minimum Gasteiger partial charge on any atom is 0 e. The molecule has 0 amide bonds. The van der Waals surface area contributed by atoms with Crippen LogP contribution < -0.4 is 0 Å². The van der Waals surface area contributed by atoms with Crippen LogP contribution in [0.15, 0.2) is 0 Å². The van der Waals surface area contributed by atoms with Crippen molar-refractivity contribution in [1.29, 1.82) is 0 Å². The molecule has 124 valence electrons. The van der Waals surface area contributed by atoms with Crippen LogP contribution >= 0.6 is 8.89 Å². The third kappa shape index (κ3) is 36.9. The van der Waals surface area contributed by atoms with Gasteiger partial charge in [-0.3, -0.25) is 0 Å². The van der Waals surface area contributed by atoms with E-state index in [1.165, 1.54) is 0 Å². The zero-order chi connectivity index (χ0) is 19.3. The molecule has 0 saturated carbocycles. The Morgan fingerprint density at radius 1 is 0.636 bits per heavy atom. The van der Waals surface area contributed by atoms with Crippen LogP contribution in [0.2, 0.25) is 39.3 Å². The van der Waals surface area contributed by atoms with Crippen LogP contribution in [0.3, 0.4) is 0 Å². The van der Waals surface area contributed by atoms with Crippen molar-refractivity contribution in [3.63, 3.8) is 0 Å². The summed E-state index contributed by atoms with van der Waals surface area (Å²) in [4.78, 5) is 0.454. The van der Waals surface area contributed by atoms with Gasteiger partial charge >= 0.3 is 56.5 Å². The zero-order valence-electron chi connectivity index (χ0n) is 13.4. The van der Waals surface area contributed by atoms with Crippen LogP contribution in [0, 0.1) is 33.3 Å². The van der Waals surface area contributed by atoms with Gasteiger partial charge in [0.1, 0.15) is 0 Å². The second-order valence-corrected chi connectivity index (χ2v) is 18.4. The summed E-state index contributed by atoms with van der Waals surface area (Å²) in [6, 6.07) is 0. The van der Waals surface area contributed by atoms with Crippen LogP contribution in [0.4, 0.5) is 4.20 Å². The van der Waals surface area contributed by atoms with Crippen molar-refractivity contribution in [3.8, 4) is 0 Å². The first-order valence-corrected chi connectivity index (χ1v) is 13.2. The second-order valence-electron chi connectivity index (χ2n) is 5.27. The summed E-state index contributed by atoms with van der Waals surface area (Å²) in [6.07, 6.45) is 0. The second kappa shape index (κ2) is 32.9. The van der Waals surface area contributed by atoms with Crippen LogP contribution in [-0.2, 0) is 44.3 Å². The largest absolute Gasteiger partial charge is 0 e.